The van der Waals surface area contributed by atoms with Gasteiger partial charge < -0.3 is 10.0 Å². The second-order valence-electron chi connectivity index (χ2n) is 8.12. The van der Waals surface area contributed by atoms with Gasteiger partial charge in [0.25, 0.3) is 5.91 Å². The third-order valence-corrected chi connectivity index (χ3v) is 6.74. The number of hydrogen-bond donors (Lipinski definition) is 1. The van der Waals surface area contributed by atoms with Crippen LogP contribution in [0.3, 0.4) is 0 Å². The average molecular weight is 341 g/mol. The lowest BCUT2D eigenvalue weighted by Crippen LogP contribution is -2.36. The van der Waals surface area contributed by atoms with Crippen molar-refractivity contribution in [2.75, 3.05) is 13.1 Å². The van der Waals surface area contributed by atoms with Crippen LogP contribution in [0.2, 0.25) is 0 Å². The topological polar surface area (TPSA) is 57.6 Å². The molecule has 1 aromatic carbocycles. The molecule has 1 saturated carbocycles. The van der Waals surface area contributed by atoms with E-state index < -0.39 is 5.97 Å². The highest BCUT2D eigenvalue weighted by Crippen LogP contribution is 2.50. The molecule has 0 atom stereocenters. The maximum absolute atomic E-state index is 12.9. The summed E-state index contributed by atoms with van der Waals surface area (Å²) in [5.41, 5.74) is 3.63. The Morgan fingerprint density at radius 1 is 1.04 bits per heavy atom. The molecular formula is C21H27NO3. The van der Waals surface area contributed by atoms with Gasteiger partial charge in [0, 0.05) is 18.7 Å². The molecule has 1 aromatic rings. The maximum Gasteiger partial charge on any atom is 0.306 e. The molecule has 1 aliphatic heterocycles. The van der Waals surface area contributed by atoms with Gasteiger partial charge in [-0.05, 0) is 86.5 Å². The monoisotopic (exact) mass is 341 g/mol. The van der Waals surface area contributed by atoms with Crippen LogP contribution in [0, 0.1) is 5.92 Å². The molecule has 1 amide bonds. The molecule has 0 bridgehead atoms. The number of piperidine rings is 1. The summed E-state index contributed by atoms with van der Waals surface area (Å²) in [6.45, 7) is 1.75. The van der Waals surface area contributed by atoms with Gasteiger partial charge in [-0.2, -0.15) is 0 Å². The minimum absolute atomic E-state index is 0.111. The molecule has 1 spiro atoms. The maximum atomic E-state index is 12.9. The minimum atomic E-state index is -0.651. The molecule has 25 heavy (non-hydrogen) atoms. The minimum Gasteiger partial charge on any atom is -0.481 e. The van der Waals surface area contributed by atoms with Crippen LogP contribution >= 0.6 is 0 Å². The number of carbonyl (C=O) groups is 2. The molecular weight excluding hydrogens is 314 g/mol. The van der Waals surface area contributed by atoms with Gasteiger partial charge in [-0.25, -0.2) is 0 Å². The number of nitrogens with zero attached hydrogens (tertiary/aromatic N) is 1. The molecule has 0 unspecified atom stereocenters. The summed E-state index contributed by atoms with van der Waals surface area (Å²) in [5, 5.41) is 9.28. The summed E-state index contributed by atoms with van der Waals surface area (Å²) in [7, 11) is 0. The van der Waals surface area contributed by atoms with Crippen molar-refractivity contribution in [3.8, 4) is 0 Å². The predicted octanol–water partition coefficient (Wildman–Crippen LogP) is 3.77. The predicted molar refractivity (Wildman–Crippen MR) is 95.8 cm³/mol. The standard InChI is InChI=1S/C21H27NO3/c23-19(22-12-2-1-3-13-22)17-5-4-15-6-9-21(18(15)14-17)10-7-16(8-11-21)20(24)25/h4-5,14,16H,1-3,6-13H2,(H,24,25). The first-order valence-corrected chi connectivity index (χ1v) is 9.75. The van der Waals surface area contributed by atoms with Crippen LogP contribution in [0.1, 0.15) is 72.9 Å². The van der Waals surface area contributed by atoms with E-state index in [4.69, 9.17) is 0 Å². The number of carboxylic acid groups (broad SMARTS) is 1. The summed E-state index contributed by atoms with van der Waals surface area (Å²) in [5.74, 6) is -0.668. The highest BCUT2D eigenvalue weighted by atomic mass is 16.4. The van der Waals surface area contributed by atoms with Gasteiger partial charge in [0.15, 0.2) is 0 Å². The van der Waals surface area contributed by atoms with Crippen molar-refractivity contribution < 1.29 is 14.7 Å². The molecule has 4 heteroatoms. The largest absolute Gasteiger partial charge is 0.481 e. The van der Waals surface area contributed by atoms with Crippen LogP contribution in [0.5, 0.6) is 0 Å². The van der Waals surface area contributed by atoms with Gasteiger partial charge >= 0.3 is 5.97 Å². The number of fused-ring (bicyclic) bond motifs is 2. The Morgan fingerprint density at radius 2 is 1.76 bits per heavy atom. The Morgan fingerprint density at radius 3 is 2.44 bits per heavy atom. The Kier molecular flexibility index (Phi) is 4.30. The van der Waals surface area contributed by atoms with Gasteiger partial charge in [-0.15, -0.1) is 0 Å². The lowest BCUT2D eigenvalue weighted by molar-refractivity contribution is -0.143. The number of rotatable bonds is 2. The Balaban J connectivity index is 1.57. The number of amides is 1. The van der Waals surface area contributed by atoms with Crippen LogP contribution < -0.4 is 0 Å². The molecule has 1 heterocycles. The molecule has 2 fully saturated rings. The lowest BCUT2D eigenvalue weighted by Gasteiger charge is -2.37. The number of likely N-dealkylation sites (tertiary alicyclic amines) is 1. The summed E-state index contributed by atoms with van der Waals surface area (Å²) < 4.78 is 0. The zero-order valence-electron chi connectivity index (χ0n) is 14.8. The molecule has 3 aliphatic rings. The van der Waals surface area contributed by atoms with Crippen molar-refractivity contribution in [3.63, 3.8) is 0 Å². The molecule has 0 aromatic heterocycles. The fourth-order valence-corrected chi connectivity index (χ4v) is 5.15. The molecule has 4 rings (SSSR count). The van der Waals surface area contributed by atoms with Gasteiger partial charge in [0.1, 0.15) is 0 Å². The van der Waals surface area contributed by atoms with Crippen molar-refractivity contribution in [2.45, 2.75) is 63.2 Å². The van der Waals surface area contributed by atoms with E-state index in [9.17, 15) is 14.7 Å². The van der Waals surface area contributed by atoms with Gasteiger partial charge in [0.05, 0.1) is 5.92 Å². The van der Waals surface area contributed by atoms with E-state index in [0.29, 0.717) is 0 Å². The highest BCUT2D eigenvalue weighted by molar-refractivity contribution is 5.94. The molecule has 1 N–H and O–H groups in total. The van der Waals surface area contributed by atoms with Crippen molar-refractivity contribution in [1.29, 1.82) is 0 Å². The normalized spacial score (nSPS) is 28.8. The van der Waals surface area contributed by atoms with E-state index in [1.807, 2.05) is 11.0 Å². The quantitative estimate of drug-likeness (QED) is 0.891. The molecule has 1 saturated heterocycles. The van der Waals surface area contributed by atoms with E-state index in [1.165, 1.54) is 17.5 Å². The van der Waals surface area contributed by atoms with Crippen molar-refractivity contribution in [1.82, 2.24) is 4.90 Å². The summed E-state index contributed by atoms with van der Waals surface area (Å²) in [6.07, 6.45) is 9.02. The number of carboxylic acids is 1. The Bertz CT molecular complexity index is 682. The molecule has 2 aliphatic carbocycles. The van der Waals surface area contributed by atoms with Crippen LogP contribution in [0.4, 0.5) is 0 Å². The van der Waals surface area contributed by atoms with Crippen molar-refractivity contribution >= 4 is 11.9 Å². The zero-order valence-corrected chi connectivity index (χ0v) is 14.8. The summed E-state index contributed by atoms with van der Waals surface area (Å²) in [6, 6.07) is 6.28. The number of benzene rings is 1. The zero-order chi connectivity index (χ0) is 17.4. The fraction of sp³-hybridized carbons (Fsp3) is 0.619. The van der Waals surface area contributed by atoms with Crippen LogP contribution in [-0.2, 0) is 16.6 Å². The third kappa shape index (κ3) is 2.96. The van der Waals surface area contributed by atoms with Crippen LogP contribution in [-0.4, -0.2) is 35.0 Å². The van der Waals surface area contributed by atoms with Gasteiger partial charge in [0.2, 0.25) is 0 Å². The Labute approximate surface area is 149 Å². The lowest BCUT2D eigenvalue weighted by atomic mass is 9.67. The van der Waals surface area contributed by atoms with E-state index in [1.54, 1.807) is 0 Å². The second kappa shape index (κ2) is 6.47. The third-order valence-electron chi connectivity index (χ3n) is 6.74. The molecule has 134 valence electrons. The van der Waals surface area contributed by atoms with Crippen molar-refractivity contribution in [2.24, 2.45) is 5.92 Å². The number of aliphatic carboxylic acids is 1. The summed E-state index contributed by atoms with van der Waals surface area (Å²) in [4.78, 5) is 26.1. The van der Waals surface area contributed by atoms with E-state index in [2.05, 4.69) is 12.1 Å². The Hall–Kier alpha value is -1.84. The summed E-state index contributed by atoms with van der Waals surface area (Å²) >= 11 is 0. The van der Waals surface area contributed by atoms with Crippen molar-refractivity contribution in [3.05, 3.63) is 34.9 Å². The number of aryl methyl sites for hydroxylation is 1. The van der Waals surface area contributed by atoms with E-state index >= 15 is 0 Å². The smallest absolute Gasteiger partial charge is 0.306 e. The van der Waals surface area contributed by atoms with E-state index in [-0.39, 0.29) is 17.2 Å². The molecule has 0 radical (unpaired) electrons. The first-order valence-electron chi connectivity index (χ1n) is 9.75. The van der Waals surface area contributed by atoms with Gasteiger partial charge in [-0.3, -0.25) is 9.59 Å². The van der Waals surface area contributed by atoms with Crippen LogP contribution in [0.15, 0.2) is 18.2 Å². The van der Waals surface area contributed by atoms with E-state index in [0.717, 1.165) is 70.0 Å². The number of hydrogen-bond acceptors (Lipinski definition) is 2. The second-order valence-corrected chi connectivity index (χ2v) is 8.12. The number of carbonyl (C=O) groups excluding carboxylic acids is 1. The molecule has 4 nitrogen and oxygen atoms in total. The first-order chi connectivity index (χ1) is 12.1. The SMILES string of the molecule is O=C(O)C1CCC2(CCc3ccc(C(=O)N4CCCCC4)cc32)CC1. The van der Waals surface area contributed by atoms with Gasteiger partial charge in [-0.1, -0.05) is 6.07 Å². The fourth-order valence-electron chi connectivity index (χ4n) is 5.15. The highest BCUT2D eigenvalue weighted by Gasteiger charge is 2.43. The van der Waals surface area contributed by atoms with Crippen LogP contribution in [0.25, 0.3) is 0 Å². The first kappa shape index (κ1) is 16.6. The average Bonchev–Trinajstić information content (AvgIpc) is 3.00.